The van der Waals surface area contributed by atoms with Crippen LogP contribution in [0.2, 0.25) is 5.02 Å². The summed E-state index contributed by atoms with van der Waals surface area (Å²) >= 11 is 5.70. The Morgan fingerprint density at radius 1 is 1.24 bits per heavy atom. The zero-order valence-corrected chi connectivity index (χ0v) is 13.6. The quantitative estimate of drug-likeness (QED) is 0.351. The van der Waals surface area contributed by atoms with E-state index in [4.69, 9.17) is 21.1 Å². The molecule has 7 nitrogen and oxygen atoms in total. The van der Waals surface area contributed by atoms with Gasteiger partial charge in [0.05, 0.1) is 11.5 Å². The molecule has 0 saturated carbocycles. The third kappa shape index (κ3) is 3.61. The van der Waals surface area contributed by atoms with Gasteiger partial charge in [-0.25, -0.2) is 4.79 Å². The summed E-state index contributed by atoms with van der Waals surface area (Å²) in [5.74, 6) is -0.619. The molecule has 1 heterocycles. The highest BCUT2D eigenvalue weighted by Gasteiger charge is 2.23. The zero-order valence-electron chi connectivity index (χ0n) is 12.9. The second kappa shape index (κ2) is 6.90. The van der Waals surface area contributed by atoms with Gasteiger partial charge in [0.25, 0.3) is 5.69 Å². The van der Waals surface area contributed by atoms with Crippen molar-refractivity contribution < 1.29 is 24.0 Å². The first kappa shape index (κ1) is 16.9. The van der Waals surface area contributed by atoms with Crippen LogP contribution in [0.4, 0.5) is 5.69 Å². The first-order valence-corrected chi connectivity index (χ1v) is 7.73. The summed E-state index contributed by atoms with van der Waals surface area (Å²) < 4.78 is 10.3. The lowest BCUT2D eigenvalue weighted by molar-refractivity contribution is -0.385. The number of nitro benzene ring substituents is 1. The molecule has 0 aromatic heterocycles. The van der Waals surface area contributed by atoms with Gasteiger partial charge in [0.2, 0.25) is 0 Å². The normalized spacial score (nSPS) is 12.2. The number of carbonyl (C=O) groups is 2. The molecule has 0 radical (unpaired) electrons. The van der Waals surface area contributed by atoms with Gasteiger partial charge in [-0.3, -0.25) is 14.9 Å². The second-order valence-electron chi connectivity index (χ2n) is 5.34. The zero-order chi connectivity index (χ0) is 18.0. The minimum absolute atomic E-state index is 0.125. The Balaban J connectivity index is 1.70. The number of nitrogens with zero attached hydrogens (tertiary/aromatic N) is 1. The fourth-order valence-electron chi connectivity index (χ4n) is 2.48. The number of ketones is 1. The number of nitro groups is 1. The average molecular weight is 362 g/mol. The Morgan fingerprint density at radius 3 is 2.80 bits per heavy atom. The molecule has 0 saturated heterocycles. The predicted octanol–water partition coefficient (Wildman–Crippen LogP) is 3.22. The van der Waals surface area contributed by atoms with E-state index in [-0.39, 0.29) is 10.6 Å². The fraction of sp³-hybridized carbons (Fsp3) is 0.176. The van der Waals surface area contributed by atoms with Gasteiger partial charge < -0.3 is 9.47 Å². The van der Waals surface area contributed by atoms with E-state index >= 15 is 0 Å². The van der Waals surface area contributed by atoms with Crippen molar-refractivity contribution in [2.24, 2.45) is 0 Å². The molecule has 2 aromatic carbocycles. The third-order valence-electron chi connectivity index (χ3n) is 3.72. The maximum atomic E-state index is 12.2. The molecular formula is C17H12ClNO6. The highest BCUT2D eigenvalue weighted by molar-refractivity contribution is 6.31. The molecule has 0 N–H and O–H groups in total. The van der Waals surface area contributed by atoms with Crippen LogP contribution in [-0.2, 0) is 11.2 Å². The molecule has 1 aliphatic rings. The summed E-state index contributed by atoms with van der Waals surface area (Å²) in [4.78, 5) is 34.5. The SMILES string of the molecule is O=C(COC(=O)c1ccc(Cl)cc1[N+](=O)[O-])c1ccc2c(c1)CCO2. The highest BCUT2D eigenvalue weighted by atomic mass is 35.5. The lowest BCUT2D eigenvalue weighted by Crippen LogP contribution is -2.15. The Kier molecular flexibility index (Phi) is 4.67. The van der Waals surface area contributed by atoms with Crippen molar-refractivity contribution in [1.82, 2.24) is 0 Å². The molecule has 0 spiro atoms. The fourth-order valence-corrected chi connectivity index (χ4v) is 2.65. The van der Waals surface area contributed by atoms with E-state index in [0.717, 1.165) is 17.4 Å². The van der Waals surface area contributed by atoms with E-state index in [2.05, 4.69) is 0 Å². The van der Waals surface area contributed by atoms with Crippen LogP contribution < -0.4 is 4.74 Å². The predicted molar refractivity (Wildman–Crippen MR) is 88.4 cm³/mol. The van der Waals surface area contributed by atoms with Crippen LogP contribution in [0.1, 0.15) is 26.3 Å². The van der Waals surface area contributed by atoms with E-state index in [0.29, 0.717) is 18.6 Å². The molecule has 0 amide bonds. The monoisotopic (exact) mass is 361 g/mol. The van der Waals surface area contributed by atoms with Crippen molar-refractivity contribution in [2.45, 2.75) is 6.42 Å². The summed E-state index contributed by atoms with van der Waals surface area (Å²) in [5.41, 5.74) is 0.581. The van der Waals surface area contributed by atoms with Crippen LogP contribution in [-0.4, -0.2) is 29.9 Å². The number of carbonyl (C=O) groups excluding carboxylic acids is 2. The van der Waals surface area contributed by atoms with Gasteiger partial charge in [-0.1, -0.05) is 11.6 Å². The van der Waals surface area contributed by atoms with Gasteiger partial charge >= 0.3 is 5.97 Å². The number of hydrogen-bond donors (Lipinski definition) is 0. The van der Waals surface area contributed by atoms with Crippen LogP contribution >= 0.6 is 11.6 Å². The number of ether oxygens (including phenoxy) is 2. The number of hydrogen-bond acceptors (Lipinski definition) is 6. The molecule has 0 atom stereocenters. The second-order valence-corrected chi connectivity index (χ2v) is 5.78. The number of halogens is 1. The smallest absolute Gasteiger partial charge is 0.345 e. The summed E-state index contributed by atoms with van der Waals surface area (Å²) in [6.45, 7) is 0.0560. The number of esters is 1. The van der Waals surface area contributed by atoms with E-state index in [1.54, 1.807) is 18.2 Å². The molecule has 0 bridgehead atoms. The van der Waals surface area contributed by atoms with Crippen molar-refractivity contribution in [1.29, 1.82) is 0 Å². The van der Waals surface area contributed by atoms with E-state index < -0.39 is 29.0 Å². The molecule has 0 aliphatic carbocycles. The number of rotatable bonds is 5. The van der Waals surface area contributed by atoms with Gasteiger partial charge in [0.15, 0.2) is 12.4 Å². The topological polar surface area (TPSA) is 95.7 Å². The van der Waals surface area contributed by atoms with Crippen molar-refractivity contribution >= 4 is 29.0 Å². The minimum atomic E-state index is -0.957. The van der Waals surface area contributed by atoms with E-state index in [1.807, 2.05) is 0 Å². The van der Waals surface area contributed by atoms with Crippen LogP contribution in [0, 0.1) is 10.1 Å². The molecule has 0 unspecified atom stereocenters. The van der Waals surface area contributed by atoms with Gasteiger partial charge in [0, 0.05) is 23.1 Å². The molecule has 3 rings (SSSR count). The number of fused-ring (bicyclic) bond motifs is 1. The van der Waals surface area contributed by atoms with Gasteiger partial charge in [-0.2, -0.15) is 0 Å². The molecule has 1 aliphatic heterocycles. The Hall–Kier alpha value is -2.93. The Morgan fingerprint density at radius 2 is 2.04 bits per heavy atom. The molecular weight excluding hydrogens is 350 g/mol. The van der Waals surface area contributed by atoms with Crippen molar-refractivity contribution in [3.63, 3.8) is 0 Å². The molecule has 0 fully saturated rings. The lowest BCUT2D eigenvalue weighted by Gasteiger charge is -2.06. The summed E-state index contributed by atoms with van der Waals surface area (Å²) in [7, 11) is 0. The first-order valence-electron chi connectivity index (χ1n) is 7.35. The molecule has 25 heavy (non-hydrogen) atoms. The Bertz CT molecular complexity index is 879. The lowest BCUT2D eigenvalue weighted by atomic mass is 10.1. The maximum Gasteiger partial charge on any atom is 0.345 e. The van der Waals surface area contributed by atoms with Crippen LogP contribution in [0.3, 0.4) is 0 Å². The van der Waals surface area contributed by atoms with Crippen LogP contribution in [0.25, 0.3) is 0 Å². The molecule has 128 valence electrons. The van der Waals surface area contributed by atoms with E-state index in [1.165, 1.54) is 12.1 Å². The first-order chi connectivity index (χ1) is 12.0. The minimum Gasteiger partial charge on any atom is -0.493 e. The standard InChI is InChI=1S/C17H12ClNO6/c18-12-2-3-13(14(8-12)19(22)23)17(21)25-9-15(20)10-1-4-16-11(7-10)5-6-24-16/h1-4,7-8H,5-6,9H2. The molecule has 2 aromatic rings. The van der Waals surface area contributed by atoms with Gasteiger partial charge in [-0.05, 0) is 35.9 Å². The average Bonchev–Trinajstić information content (AvgIpc) is 3.06. The largest absolute Gasteiger partial charge is 0.493 e. The summed E-state index contributed by atoms with van der Waals surface area (Å²) in [5, 5.41) is 11.1. The third-order valence-corrected chi connectivity index (χ3v) is 3.96. The van der Waals surface area contributed by atoms with Gasteiger partial charge in [0.1, 0.15) is 11.3 Å². The van der Waals surface area contributed by atoms with Crippen LogP contribution in [0.5, 0.6) is 5.75 Å². The van der Waals surface area contributed by atoms with E-state index in [9.17, 15) is 19.7 Å². The van der Waals surface area contributed by atoms with Crippen molar-refractivity contribution in [2.75, 3.05) is 13.2 Å². The number of Topliss-reactive ketones (excluding diaryl/α,β-unsaturated/α-hetero) is 1. The maximum absolute atomic E-state index is 12.2. The molecule has 8 heteroatoms. The van der Waals surface area contributed by atoms with Crippen molar-refractivity contribution in [3.8, 4) is 5.75 Å². The van der Waals surface area contributed by atoms with Crippen molar-refractivity contribution in [3.05, 3.63) is 68.2 Å². The summed E-state index contributed by atoms with van der Waals surface area (Å²) in [6.07, 6.45) is 0.715. The number of benzene rings is 2. The Labute approximate surface area is 147 Å². The summed E-state index contributed by atoms with van der Waals surface area (Å²) in [6, 6.07) is 8.57. The van der Waals surface area contributed by atoms with Gasteiger partial charge in [-0.15, -0.1) is 0 Å². The highest BCUT2D eigenvalue weighted by Crippen LogP contribution is 2.26. The van der Waals surface area contributed by atoms with Crippen LogP contribution in [0.15, 0.2) is 36.4 Å².